The zero-order chi connectivity index (χ0) is 30.0. The maximum Gasteiger partial charge on any atom is 0.259 e. The number of anilines is 3. The number of hydrogen-bond acceptors (Lipinski definition) is 8. The highest BCUT2D eigenvalue weighted by atomic mass is 32.2. The quantitative estimate of drug-likeness (QED) is 0.170. The van der Waals surface area contributed by atoms with Crippen LogP contribution < -0.4 is 10.0 Å². The van der Waals surface area contributed by atoms with Crippen LogP contribution in [0.25, 0.3) is 33.2 Å². The summed E-state index contributed by atoms with van der Waals surface area (Å²) < 4.78 is 31.0. The van der Waals surface area contributed by atoms with Crippen molar-refractivity contribution in [3.8, 4) is 11.3 Å². The third-order valence-electron chi connectivity index (χ3n) is 7.94. The maximum atomic E-state index is 11.2. The number of aromatic nitrogens is 6. The summed E-state index contributed by atoms with van der Waals surface area (Å²) in [6.07, 6.45) is 10.6. The van der Waals surface area contributed by atoms with E-state index < -0.39 is 11.3 Å². The summed E-state index contributed by atoms with van der Waals surface area (Å²) in [6, 6.07) is 17.3. The van der Waals surface area contributed by atoms with Crippen LogP contribution in [0.15, 0.2) is 79.6 Å². The molecule has 44 heavy (non-hydrogen) atoms. The lowest BCUT2D eigenvalue weighted by Gasteiger charge is -2.23. The van der Waals surface area contributed by atoms with Gasteiger partial charge in [-0.05, 0) is 79.1 Å². The third-order valence-corrected chi connectivity index (χ3v) is 8.35. The van der Waals surface area contributed by atoms with Crippen LogP contribution in [0.2, 0.25) is 0 Å². The van der Waals surface area contributed by atoms with Crippen LogP contribution in [0.5, 0.6) is 0 Å². The monoisotopic (exact) mass is 606 g/mol. The highest BCUT2D eigenvalue weighted by Crippen LogP contribution is 2.34. The molecule has 1 fully saturated rings. The largest absolute Gasteiger partial charge is 0.358 e. The van der Waals surface area contributed by atoms with E-state index in [1.807, 2.05) is 28.8 Å². The summed E-state index contributed by atoms with van der Waals surface area (Å²) in [4.78, 5) is 23.4. The van der Waals surface area contributed by atoms with E-state index >= 15 is 0 Å². The zero-order valence-electron chi connectivity index (χ0n) is 24.0. The van der Waals surface area contributed by atoms with Crippen LogP contribution in [0.3, 0.4) is 0 Å². The first-order chi connectivity index (χ1) is 21.5. The Morgan fingerprint density at radius 3 is 2.75 bits per heavy atom. The smallest absolute Gasteiger partial charge is 0.259 e. The van der Waals surface area contributed by atoms with E-state index in [1.54, 1.807) is 43.2 Å². The number of rotatable bonds is 8. The van der Waals surface area contributed by atoms with Crippen LogP contribution in [-0.4, -0.2) is 44.9 Å². The number of fused-ring (bicyclic) bond motifs is 2. The topological polar surface area (TPSA) is 140 Å². The zero-order valence-corrected chi connectivity index (χ0v) is 24.8. The number of nitrogens with zero attached hydrogens (tertiary/aromatic N) is 6. The van der Waals surface area contributed by atoms with Gasteiger partial charge in [-0.1, -0.05) is 18.2 Å². The van der Waals surface area contributed by atoms with Crippen molar-refractivity contribution in [1.29, 1.82) is 0 Å². The Hall–Kier alpha value is -4.78. The maximum absolute atomic E-state index is 11.2. The van der Waals surface area contributed by atoms with Gasteiger partial charge in [0.05, 0.1) is 17.7 Å². The Morgan fingerprint density at radius 2 is 1.89 bits per heavy atom. The first kappa shape index (κ1) is 28.0. The number of imidazole rings is 1. The normalized spacial score (nSPS) is 15.8. The van der Waals surface area contributed by atoms with E-state index in [-0.39, 0.29) is 6.23 Å². The first-order valence-electron chi connectivity index (χ1n) is 14.4. The highest BCUT2D eigenvalue weighted by Gasteiger charge is 2.22. The number of hydrogen-bond donors (Lipinski definition) is 3. The van der Waals surface area contributed by atoms with Gasteiger partial charge in [-0.15, -0.1) is 0 Å². The SMILES string of the molecule is Cc1ccc2c(Nc3cccc(NS(=O)O)c3)nccc2c1Cc1ncccc1-c1ncnc2c1ncn2C1CCCCO1. The Bertz CT molecular complexity index is 2010. The molecule has 0 spiro atoms. The van der Waals surface area contributed by atoms with Crippen LogP contribution in [0.1, 0.15) is 42.3 Å². The van der Waals surface area contributed by atoms with E-state index in [0.717, 1.165) is 81.6 Å². The fraction of sp³-hybridized carbons (Fsp3) is 0.219. The minimum atomic E-state index is -2.16. The third kappa shape index (κ3) is 5.50. The molecule has 2 aromatic carbocycles. The fourth-order valence-corrected chi connectivity index (χ4v) is 6.15. The molecule has 0 amide bonds. The van der Waals surface area contributed by atoms with E-state index in [2.05, 4.69) is 44.0 Å². The number of aryl methyl sites for hydroxylation is 1. The lowest BCUT2D eigenvalue weighted by molar-refractivity contribution is -0.0298. The second-order valence-electron chi connectivity index (χ2n) is 10.7. The van der Waals surface area contributed by atoms with Gasteiger partial charge in [0, 0.05) is 42.1 Å². The molecule has 6 aromatic rings. The van der Waals surface area contributed by atoms with Gasteiger partial charge < -0.3 is 10.1 Å². The fourth-order valence-electron chi connectivity index (χ4n) is 5.82. The number of pyridine rings is 2. The second kappa shape index (κ2) is 12.1. The van der Waals surface area contributed by atoms with Gasteiger partial charge in [0.1, 0.15) is 29.6 Å². The average Bonchev–Trinajstić information content (AvgIpc) is 3.48. The lowest BCUT2D eigenvalue weighted by atomic mass is 9.94. The summed E-state index contributed by atoms with van der Waals surface area (Å²) in [5, 5.41) is 5.37. The van der Waals surface area contributed by atoms with Gasteiger partial charge in [-0.3, -0.25) is 18.8 Å². The van der Waals surface area contributed by atoms with Crippen LogP contribution in [0.4, 0.5) is 17.2 Å². The van der Waals surface area contributed by atoms with Crippen molar-refractivity contribution in [2.45, 2.75) is 38.8 Å². The Labute approximate surface area is 256 Å². The lowest BCUT2D eigenvalue weighted by Crippen LogP contribution is -2.17. The average molecular weight is 607 g/mol. The van der Waals surface area contributed by atoms with E-state index in [4.69, 9.17) is 14.7 Å². The molecule has 0 radical (unpaired) electrons. The van der Waals surface area contributed by atoms with Crippen molar-refractivity contribution in [3.63, 3.8) is 0 Å². The molecule has 4 aromatic heterocycles. The molecular formula is C32H30N8O3S. The number of nitrogens with one attached hydrogen (secondary N) is 2. The van der Waals surface area contributed by atoms with Gasteiger partial charge in [-0.25, -0.2) is 24.1 Å². The van der Waals surface area contributed by atoms with Crippen molar-refractivity contribution >= 4 is 50.4 Å². The van der Waals surface area contributed by atoms with Crippen LogP contribution in [-0.2, 0) is 22.4 Å². The first-order valence-corrected chi connectivity index (χ1v) is 15.5. The summed E-state index contributed by atoms with van der Waals surface area (Å²) in [5.74, 6) is 0.681. The Kier molecular flexibility index (Phi) is 7.69. The molecule has 1 saturated heterocycles. The number of ether oxygens (including phenoxy) is 1. The molecule has 0 aliphatic carbocycles. The second-order valence-corrected chi connectivity index (χ2v) is 11.4. The molecule has 2 atom stereocenters. The molecule has 5 heterocycles. The summed E-state index contributed by atoms with van der Waals surface area (Å²) >= 11 is -2.16. The van der Waals surface area contributed by atoms with Crippen LogP contribution in [0, 0.1) is 6.92 Å². The van der Waals surface area contributed by atoms with Gasteiger partial charge in [0.15, 0.2) is 5.65 Å². The van der Waals surface area contributed by atoms with Gasteiger partial charge in [0.2, 0.25) is 0 Å². The van der Waals surface area contributed by atoms with Crippen LogP contribution >= 0.6 is 0 Å². The molecule has 222 valence electrons. The molecule has 2 unspecified atom stereocenters. The molecular weight excluding hydrogens is 576 g/mol. The van der Waals surface area contributed by atoms with Gasteiger partial charge in [0.25, 0.3) is 11.3 Å². The highest BCUT2D eigenvalue weighted by molar-refractivity contribution is 7.80. The van der Waals surface area contributed by atoms with Gasteiger partial charge in [-0.2, -0.15) is 0 Å². The number of benzene rings is 2. The van der Waals surface area contributed by atoms with Crippen molar-refractivity contribution in [2.75, 3.05) is 16.6 Å². The molecule has 1 aliphatic rings. The van der Waals surface area contributed by atoms with Crippen molar-refractivity contribution in [2.24, 2.45) is 0 Å². The molecule has 3 N–H and O–H groups in total. The Balaban J connectivity index is 1.25. The predicted molar refractivity (Wildman–Crippen MR) is 171 cm³/mol. The minimum Gasteiger partial charge on any atom is -0.358 e. The minimum absolute atomic E-state index is 0.0722. The molecule has 7 rings (SSSR count). The summed E-state index contributed by atoms with van der Waals surface area (Å²) in [5.41, 5.74) is 7.53. The summed E-state index contributed by atoms with van der Waals surface area (Å²) in [7, 11) is 0. The van der Waals surface area contributed by atoms with Gasteiger partial charge >= 0.3 is 0 Å². The van der Waals surface area contributed by atoms with E-state index in [9.17, 15) is 8.76 Å². The molecule has 11 nitrogen and oxygen atoms in total. The standard InChI is InChI=1S/C32H30N8O3S/c1-20-10-11-24-23(12-14-34-31(24)38-21-6-4-7-22(16-21)39-44(41)42)26(20)17-27-25(8-5-13-33-27)29-30-32(36-18-35-29)40(19-37-30)28-9-2-3-15-43-28/h4-8,10-14,16,18-19,28,39H,2-3,9,15,17H2,1H3,(H,34,38)(H,41,42). The molecule has 1 aliphatic heterocycles. The van der Waals surface area contributed by atoms with E-state index in [1.165, 1.54) is 0 Å². The van der Waals surface area contributed by atoms with Crippen molar-refractivity contribution < 1.29 is 13.5 Å². The van der Waals surface area contributed by atoms with Crippen molar-refractivity contribution in [3.05, 3.63) is 96.5 Å². The molecule has 0 saturated carbocycles. The predicted octanol–water partition coefficient (Wildman–Crippen LogP) is 6.33. The summed E-state index contributed by atoms with van der Waals surface area (Å²) in [6.45, 7) is 2.84. The Morgan fingerprint density at radius 1 is 0.977 bits per heavy atom. The van der Waals surface area contributed by atoms with E-state index in [0.29, 0.717) is 17.9 Å². The van der Waals surface area contributed by atoms with Crippen molar-refractivity contribution in [1.82, 2.24) is 29.5 Å². The molecule has 0 bridgehead atoms. The molecule has 12 heteroatoms.